The third-order valence-corrected chi connectivity index (χ3v) is 8.00. The molecule has 1 unspecified atom stereocenters. The van der Waals surface area contributed by atoms with Gasteiger partial charge in [-0.15, -0.1) is 10.2 Å². The highest BCUT2D eigenvalue weighted by Crippen LogP contribution is 2.58. The number of rotatable bonds is 5. The van der Waals surface area contributed by atoms with Crippen LogP contribution in [0.2, 0.25) is 0 Å². The van der Waals surface area contributed by atoms with E-state index in [0.717, 1.165) is 29.3 Å². The Morgan fingerprint density at radius 2 is 1.80 bits per heavy atom. The van der Waals surface area contributed by atoms with Gasteiger partial charge in [-0.1, -0.05) is 13.8 Å². The lowest BCUT2D eigenvalue weighted by Crippen LogP contribution is -2.42. The smallest absolute Gasteiger partial charge is 0.253 e. The van der Waals surface area contributed by atoms with Crippen molar-refractivity contribution in [2.45, 2.75) is 58.8 Å². The summed E-state index contributed by atoms with van der Waals surface area (Å²) in [6.07, 6.45) is 7.34. The van der Waals surface area contributed by atoms with Gasteiger partial charge in [0, 0.05) is 36.5 Å². The molecule has 6 nitrogen and oxygen atoms in total. The molecule has 2 aliphatic rings. The van der Waals surface area contributed by atoms with Gasteiger partial charge in [0.05, 0.1) is 5.69 Å². The molecule has 0 spiro atoms. The number of aromatic nitrogens is 3. The summed E-state index contributed by atoms with van der Waals surface area (Å²) in [6, 6.07) is 8.97. The average molecular weight is 481 g/mol. The summed E-state index contributed by atoms with van der Waals surface area (Å²) >= 11 is 0. The minimum atomic E-state index is -0.963. The van der Waals surface area contributed by atoms with E-state index < -0.39 is 18.2 Å². The summed E-state index contributed by atoms with van der Waals surface area (Å²) < 4.78 is 28.6. The predicted molar refractivity (Wildman–Crippen MR) is 131 cm³/mol. The van der Waals surface area contributed by atoms with Crippen molar-refractivity contribution in [3.8, 4) is 28.1 Å². The quantitative estimate of drug-likeness (QED) is 0.519. The van der Waals surface area contributed by atoms with Crippen LogP contribution in [0.3, 0.4) is 0 Å². The Hall–Kier alpha value is -3.29. The molecule has 2 aliphatic carbocycles. The van der Waals surface area contributed by atoms with Gasteiger partial charge in [0.2, 0.25) is 0 Å². The third-order valence-electron chi connectivity index (χ3n) is 8.00. The van der Waals surface area contributed by atoms with Gasteiger partial charge in [0.1, 0.15) is 11.6 Å². The molecule has 1 N–H and O–H groups in total. The molecule has 3 atom stereocenters. The van der Waals surface area contributed by atoms with E-state index in [1.54, 1.807) is 6.07 Å². The van der Waals surface area contributed by atoms with Gasteiger partial charge in [-0.05, 0) is 78.8 Å². The minimum absolute atomic E-state index is 0.0487. The number of pyridine rings is 1. The van der Waals surface area contributed by atoms with Crippen LogP contribution in [-0.4, -0.2) is 33.0 Å². The first-order chi connectivity index (χ1) is 16.6. The number of alkyl halides is 1. The molecule has 3 aromatic rings. The molecule has 2 saturated carbocycles. The molecule has 2 heterocycles. The van der Waals surface area contributed by atoms with Gasteiger partial charge in [0.15, 0.2) is 12.6 Å². The van der Waals surface area contributed by atoms with Crippen molar-refractivity contribution in [3.63, 3.8) is 0 Å². The number of halogens is 2. The molecule has 0 aliphatic heterocycles. The molecule has 35 heavy (non-hydrogen) atoms. The SMILES string of the molecule is CN(c1ccc(-c2cc(F)c(-c3ccn(CF)c(=O)c3)cc2O)nn1)C1C[C@]2(C)CC[C@](C)(C1)C2. The number of anilines is 1. The normalized spacial score (nSPS) is 25.6. The van der Waals surface area contributed by atoms with Crippen molar-refractivity contribution in [2.75, 3.05) is 11.9 Å². The molecule has 2 aromatic heterocycles. The fourth-order valence-electron chi connectivity index (χ4n) is 6.25. The van der Waals surface area contributed by atoms with Gasteiger partial charge >= 0.3 is 0 Å². The number of phenols is 1. The number of hydrogen-bond donors (Lipinski definition) is 1. The van der Waals surface area contributed by atoms with Crippen molar-refractivity contribution in [1.82, 2.24) is 14.8 Å². The lowest BCUT2D eigenvalue weighted by atomic mass is 9.68. The van der Waals surface area contributed by atoms with E-state index in [-0.39, 0.29) is 22.4 Å². The second kappa shape index (κ2) is 8.43. The zero-order chi connectivity index (χ0) is 25.0. The van der Waals surface area contributed by atoms with Crippen LogP contribution >= 0.6 is 0 Å². The first-order valence-electron chi connectivity index (χ1n) is 12.0. The van der Waals surface area contributed by atoms with Gasteiger partial charge in [0.25, 0.3) is 5.56 Å². The standard InChI is InChI=1S/C27H30F2N4O2/c1-26-7-8-27(2,15-26)14-18(13-26)32(3)24-5-4-22(30-31-24)20-11-21(29)19(12-23(20)34)17-6-9-33(16-28)25(35)10-17/h4-6,9-12,18,34H,7-8,13-16H2,1-3H3/t18?,26-,27+. The Morgan fingerprint density at radius 3 is 2.40 bits per heavy atom. The zero-order valence-corrected chi connectivity index (χ0v) is 20.3. The average Bonchev–Trinajstić information content (AvgIpc) is 3.06. The van der Waals surface area contributed by atoms with Crippen molar-refractivity contribution < 1.29 is 13.9 Å². The molecule has 1 aromatic carbocycles. The Balaban J connectivity index is 1.39. The molecular weight excluding hydrogens is 450 g/mol. The molecule has 0 amide bonds. The Bertz CT molecular complexity index is 1310. The van der Waals surface area contributed by atoms with Crippen LogP contribution < -0.4 is 10.5 Å². The second-order valence-corrected chi connectivity index (χ2v) is 10.9. The molecule has 184 valence electrons. The van der Waals surface area contributed by atoms with E-state index >= 15 is 0 Å². The summed E-state index contributed by atoms with van der Waals surface area (Å²) in [4.78, 5) is 14.1. The first-order valence-corrected chi connectivity index (χ1v) is 12.0. The predicted octanol–water partition coefficient (Wildman–Crippen LogP) is 5.54. The topological polar surface area (TPSA) is 71.2 Å². The molecule has 8 heteroatoms. The number of phenolic OH excluding ortho intramolecular Hbond substituents is 1. The van der Waals surface area contributed by atoms with Crippen LogP contribution in [0.25, 0.3) is 22.4 Å². The van der Waals surface area contributed by atoms with E-state index in [0.29, 0.717) is 22.6 Å². The number of aromatic hydroxyl groups is 1. The molecule has 2 bridgehead atoms. The Kier molecular flexibility index (Phi) is 5.65. The largest absolute Gasteiger partial charge is 0.507 e. The summed E-state index contributed by atoms with van der Waals surface area (Å²) in [5.41, 5.74) is 1.02. The monoisotopic (exact) mass is 480 g/mol. The third kappa shape index (κ3) is 4.30. The van der Waals surface area contributed by atoms with Crippen molar-refractivity contribution in [3.05, 3.63) is 58.8 Å². The van der Waals surface area contributed by atoms with Crippen molar-refractivity contribution in [1.29, 1.82) is 0 Å². The molecule has 0 saturated heterocycles. The highest BCUT2D eigenvalue weighted by atomic mass is 19.1. The van der Waals surface area contributed by atoms with Crippen molar-refractivity contribution >= 4 is 5.82 Å². The van der Waals surface area contributed by atoms with Gasteiger partial charge in [-0.3, -0.25) is 9.36 Å². The van der Waals surface area contributed by atoms with E-state index in [9.17, 15) is 18.7 Å². The zero-order valence-electron chi connectivity index (χ0n) is 20.3. The van der Waals surface area contributed by atoms with E-state index in [4.69, 9.17) is 0 Å². The fourth-order valence-corrected chi connectivity index (χ4v) is 6.25. The van der Waals surface area contributed by atoms with E-state index in [2.05, 4.69) is 36.0 Å². The summed E-state index contributed by atoms with van der Waals surface area (Å²) in [7, 11) is 2.05. The van der Waals surface area contributed by atoms with Gasteiger partial charge in [-0.2, -0.15) is 0 Å². The molecule has 0 radical (unpaired) electrons. The maximum absolute atomic E-state index is 15.0. The minimum Gasteiger partial charge on any atom is -0.507 e. The van der Waals surface area contributed by atoms with Crippen LogP contribution in [0.4, 0.5) is 14.6 Å². The molecule has 2 fully saturated rings. The number of fused-ring (bicyclic) bond motifs is 2. The maximum atomic E-state index is 15.0. The van der Waals surface area contributed by atoms with Gasteiger partial charge in [-0.25, -0.2) is 8.78 Å². The van der Waals surface area contributed by atoms with Crippen LogP contribution in [0, 0.1) is 16.6 Å². The molecule has 5 rings (SSSR count). The van der Waals surface area contributed by atoms with Gasteiger partial charge < -0.3 is 10.0 Å². The number of nitrogens with zero attached hydrogens (tertiary/aromatic N) is 4. The van der Waals surface area contributed by atoms with Crippen LogP contribution in [0.15, 0.2) is 47.4 Å². The fraction of sp³-hybridized carbons (Fsp3) is 0.444. The number of benzene rings is 1. The second-order valence-electron chi connectivity index (χ2n) is 10.9. The van der Waals surface area contributed by atoms with Crippen LogP contribution in [0.5, 0.6) is 5.75 Å². The lowest BCUT2D eigenvalue weighted by Gasteiger charge is -2.44. The maximum Gasteiger partial charge on any atom is 0.253 e. The summed E-state index contributed by atoms with van der Waals surface area (Å²) in [5, 5.41) is 19.3. The highest BCUT2D eigenvalue weighted by Gasteiger charge is 2.50. The van der Waals surface area contributed by atoms with E-state index in [1.807, 2.05) is 6.07 Å². The summed E-state index contributed by atoms with van der Waals surface area (Å²) in [6.45, 7) is 3.81. The summed E-state index contributed by atoms with van der Waals surface area (Å²) in [5.74, 6) is -0.0641. The van der Waals surface area contributed by atoms with Crippen LogP contribution in [0.1, 0.15) is 46.0 Å². The van der Waals surface area contributed by atoms with E-state index in [1.165, 1.54) is 43.7 Å². The highest BCUT2D eigenvalue weighted by molar-refractivity contribution is 5.74. The lowest BCUT2D eigenvalue weighted by molar-refractivity contribution is 0.148. The number of hydrogen-bond acceptors (Lipinski definition) is 5. The van der Waals surface area contributed by atoms with Crippen LogP contribution in [-0.2, 0) is 6.80 Å². The van der Waals surface area contributed by atoms with Crippen molar-refractivity contribution in [2.24, 2.45) is 10.8 Å². The first kappa shape index (κ1) is 23.5. The Morgan fingerprint density at radius 1 is 1.09 bits per heavy atom. The Labute approximate surface area is 203 Å². The molecular formula is C27H30F2N4O2.